The molecule has 2 aromatic rings. The van der Waals surface area contributed by atoms with Crippen LogP contribution in [0.4, 0.5) is 4.79 Å². The Morgan fingerprint density at radius 3 is 2.53 bits per heavy atom. The number of halogens is 1. The number of urea groups is 1. The average Bonchev–Trinajstić information content (AvgIpc) is 2.96. The predicted octanol–water partition coefficient (Wildman–Crippen LogP) is 3.40. The summed E-state index contributed by atoms with van der Waals surface area (Å²) in [6, 6.07) is 11.7. The van der Waals surface area contributed by atoms with Crippen LogP contribution >= 0.6 is 15.9 Å². The van der Waals surface area contributed by atoms with Crippen molar-refractivity contribution in [2.24, 2.45) is 0 Å². The maximum atomic E-state index is 12.7. The first-order valence-corrected chi connectivity index (χ1v) is 9.87. The number of carbonyl (C=O) groups excluding carboxylic acids is 2. The third kappa shape index (κ3) is 5.18. The molecule has 30 heavy (non-hydrogen) atoms. The number of ether oxygens (including phenoxy) is 2. The molecule has 0 atom stereocenters. The standard InChI is InChI=1S/C21H19BrN2O6/c1-2-29-18-10-14(5-8-17(18)30-12-19(25)26)9-16-20(27)24(21(28)23-16)11-13-3-6-15(22)7-4-13/h3-10H,2,11-12H2,1H3,(H,23,28)(H,25,26). The van der Waals surface area contributed by atoms with E-state index in [0.717, 1.165) is 14.9 Å². The van der Waals surface area contributed by atoms with E-state index in [1.165, 1.54) is 6.08 Å². The van der Waals surface area contributed by atoms with Crippen molar-refractivity contribution in [3.05, 3.63) is 63.8 Å². The number of carboxylic acid groups (broad SMARTS) is 1. The summed E-state index contributed by atoms with van der Waals surface area (Å²) in [6.45, 7) is 1.79. The Morgan fingerprint density at radius 2 is 1.87 bits per heavy atom. The van der Waals surface area contributed by atoms with Crippen LogP contribution in [-0.4, -0.2) is 41.1 Å². The van der Waals surface area contributed by atoms with Crippen LogP contribution in [-0.2, 0) is 16.1 Å². The summed E-state index contributed by atoms with van der Waals surface area (Å²) >= 11 is 3.35. The van der Waals surface area contributed by atoms with Crippen molar-refractivity contribution in [3.8, 4) is 11.5 Å². The molecule has 1 heterocycles. The van der Waals surface area contributed by atoms with Gasteiger partial charge in [0.25, 0.3) is 5.91 Å². The van der Waals surface area contributed by atoms with Gasteiger partial charge in [-0.1, -0.05) is 34.1 Å². The molecule has 0 bridgehead atoms. The molecule has 2 aromatic carbocycles. The first-order valence-electron chi connectivity index (χ1n) is 9.07. The third-order valence-electron chi connectivity index (χ3n) is 4.15. The number of carbonyl (C=O) groups is 3. The second kappa shape index (κ2) is 9.45. The van der Waals surface area contributed by atoms with Crippen LogP contribution in [0.1, 0.15) is 18.1 Å². The monoisotopic (exact) mass is 474 g/mol. The van der Waals surface area contributed by atoms with Crippen molar-refractivity contribution < 1.29 is 29.0 Å². The van der Waals surface area contributed by atoms with Crippen LogP contribution in [0.5, 0.6) is 11.5 Å². The highest BCUT2D eigenvalue weighted by Gasteiger charge is 2.33. The zero-order valence-electron chi connectivity index (χ0n) is 16.1. The highest BCUT2D eigenvalue weighted by atomic mass is 79.9. The Kier molecular flexibility index (Phi) is 6.73. The lowest BCUT2D eigenvalue weighted by molar-refractivity contribution is -0.139. The van der Waals surface area contributed by atoms with E-state index in [-0.39, 0.29) is 18.0 Å². The van der Waals surface area contributed by atoms with Gasteiger partial charge in [-0.3, -0.25) is 9.69 Å². The van der Waals surface area contributed by atoms with Gasteiger partial charge in [-0.15, -0.1) is 0 Å². The maximum absolute atomic E-state index is 12.7. The van der Waals surface area contributed by atoms with Gasteiger partial charge in [0.2, 0.25) is 0 Å². The number of nitrogens with zero attached hydrogens (tertiary/aromatic N) is 1. The molecule has 1 aliphatic rings. The van der Waals surface area contributed by atoms with Gasteiger partial charge in [0, 0.05) is 4.47 Å². The molecule has 0 aromatic heterocycles. The van der Waals surface area contributed by atoms with E-state index in [1.54, 1.807) is 25.1 Å². The highest BCUT2D eigenvalue weighted by Crippen LogP contribution is 2.30. The van der Waals surface area contributed by atoms with E-state index in [4.69, 9.17) is 14.6 Å². The molecule has 1 saturated heterocycles. The van der Waals surface area contributed by atoms with Crippen molar-refractivity contribution in [1.29, 1.82) is 0 Å². The Morgan fingerprint density at radius 1 is 1.13 bits per heavy atom. The van der Waals surface area contributed by atoms with Gasteiger partial charge in [0.15, 0.2) is 18.1 Å². The SMILES string of the molecule is CCOc1cc(C=C2NC(=O)N(Cc3ccc(Br)cc3)C2=O)ccc1OCC(=O)O. The normalized spacial score (nSPS) is 14.7. The third-order valence-corrected chi connectivity index (χ3v) is 4.67. The molecule has 9 heteroatoms. The lowest BCUT2D eigenvalue weighted by Gasteiger charge is -2.12. The molecule has 0 unspecified atom stereocenters. The largest absolute Gasteiger partial charge is 0.490 e. The molecule has 156 valence electrons. The van der Waals surface area contributed by atoms with Crippen LogP contribution in [0.2, 0.25) is 0 Å². The number of nitrogens with one attached hydrogen (secondary N) is 1. The summed E-state index contributed by atoms with van der Waals surface area (Å²) in [5.74, 6) is -0.919. The van der Waals surface area contributed by atoms with Crippen molar-refractivity contribution in [2.45, 2.75) is 13.5 Å². The smallest absolute Gasteiger partial charge is 0.341 e. The number of benzene rings is 2. The Hall–Kier alpha value is -3.33. The number of hydrogen-bond donors (Lipinski definition) is 2. The van der Waals surface area contributed by atoms with E-state index < -0.39 is 24.5 Å². The lowest BCUT2D eigenvalue weighted by Crippen LogP contribution is -2.30. The molecule has 0 radical (unpaired) electrons. The minimum absolute atomic E-state index is 0.138. The van der Waals surface area contributed by atoms with Crippen LogP contribution < -0.4 is 14.8 Å². The summed E-state index contributed by atoms with van der Waals surface area (Å²) in [4.78, 5) is 36.8. The van der Waals surface area contributed by atoms with Gasteiger partial charge in [-0.2, -0.15) is 0 Å². The zero-order valence-corrected chi connectivity index (χ0v) is 17.6. The number of imide groups is 1. The Balaban J connectivity index is 1.79. The number of hydrogen-bond acceptors (Lipinski definition) is 5. The molecule has 0 saturated carbocycles. The summed E-state index contributed by atoms with van der Waals surface area (Å²) in [5, 5.41) is 11.4. The minimum atomic E-state index is -1.10. The molecule has 3 rings (SSSR count). The van der Waals surface area contributed by atoms with Crippen LogP contribution in [0.25, 0.3) is 6.08 Å². The number of rotatable bonds is 8. The van der Waals surface area contributed by atoms with Crippen LogP contribution in [0.3, 0.4) is 0 Å². The number of amides is 3. The average molecular weight is 475 g/mol. The fourth-order valence-electron chi connectivity index (χ4n) is 2.80. The fourth-order valence-corrected chi connectivity index (χ4v) is 3.06. The molecule has 1 aliphatic heterocycles. The molecule has 1 fully saturated rings. The minimum Gasteiger partial charge on any atom is -0.490 e. The van der Waals surface area contributed by atoms with Gasteiger partial charge in [0.1, 0.15) is 5.70 Å². The summed E-state index contributed by atoms with van der Waals surface area (Å²) in [5.41, 5.74) is 1.55. The molecule has 3 amide bonds. The van der Waals surface area contributed by atoms with E-state index in [0.29, 0.717) is 17.9 Å². The fraction of sp³-hybridized carbons (Fsp3) is 0.190. The summed E-state index contributed by atoms with van der Waals surface area (Å²) < 4.78 is 11.6. The van der Waals surface area contributed by atoms with Gasteiger partial charge < -0.3 is 19.9 Å². The molecule has 0 aliphatic carbocycles. The van der Waals surface area contributed by atoms with Crippen molar-refractivity contribution in [3.63, 3.8) is 0 Å². The van der Waals surface area contributed by atoms with Crippen LogP contribution in [0.15, 0.2) is 52.6 Å². The van der Waals surface area contributed by atoms with Crippen LogP contribution in [0, 0.1) is 0 Å². The highest BCUT2D eigenvalue weighted by molar-refractivity contribution is 9.10. The van der Waals surface area contributed by atoms with Gasteiger partial charge in [-0.25, -0.2) is 9.59 Å². The zero-order chi connectivity index (χ0) is 21.7. The second-order valence-electron chi connectivity index (χ2n) is 6.33. The molecule has 8 nitrogen and oxygen atoms in total. The lowest BCUT2D eigenvalue weighted by atomic mass is 10.1. The predicted molar refractivity (Wildman–Crippen MR) is 112 cm³/mol. The first kappa shape index (κ1) is 21.4. The quantitative estimate of drug-likeness (QED) is 0.448. The second-order valence-corrected chi connectivity index (χ2v) is 7.24. The number of carboxylic acids is 1. The van der Waals surface area contributed by atoms with Gasteiger partial charge in [0.05, 0.1) is 13.2 Å². The Bertz CT molecular complexity index is 1000. The molecule has 2 N–H and O–H groups in total. The van der Waals surface area contributed by atoms with Gasteiger partial charge in [-0.05, 0) is 48.4 Å². The van der Waals surface area contributed by atoms with Crippen molar-refractivity contribution in [2.75, 3.05) is 13.2 Å². The Labute approximate surface area is 181 Å². The van der Waals surface area contributed by atoms with Crippen molar-refractivity contribution >= 4 is 39.9 Å². The topological polar surface area (TPSA) is 105 Å². The summed E-state index contributed by atoms with van der Waals surface area (Å²) in [7, 11) is 0. The van der Waals surface area contributed by atoms with E-state index in [9.17, 15) is 14.4 Å². The summed E-state index contributed by atoms with van der Waals surface area (Å²) in [6.07, 6.45) is 1.53. The van der Waals surface area contributed by atoms with E-state index in [1.807, 2.05) is 24.3 Å². The van der Waals surface area contributed by atoms with Gasteiger partial charge >= 0.3 is 12.0 Å². The van der Waals surface area contributed by atoms with Crippen molar-refractivity contribution in [1.82, 2.24) is 10.2 Å². The number of aliphatic carboxylic acids is 1. The van der Waals surface area contributed by atoms with E-state index in [2.05, 4.69) is 21.2 Å². The molecular formula is C21H19BrN2O6. The first-order chi connectivity index (χ1) is 14.4. The van der Waals surface area contributed by atoms with E-state index >= 15 is 0 Å². The molecule has 0 spiro atoms. The molecular weight excluding hydrogens is 456 g/mol. The maximum Gasteiger partial charge on any atom is 0.341 e.